The zero-order valence-corrected chi connectivity index (χ0v) is 8.16. The van der Waals surface area contributed by atoms with Gasteiger partial charge in [-0.1, -0.05) is 13.8 Å². The fourth-order valence-corrected chi connectivity index (χ4v) is 3.04. The minimum atomic E-state index is -0.377. The monoisotopic (exact) mass is 182 g/mol. The van der Waals surface area contributed by atoms with E-state index in [4.69, 9.17) is 9.47 Å². The van der Waals surface area contributed by atoms with Crippen LogP contribution in [0.3, 0.4) is 0 Å². The van der Waals surface area contributed by atoms with E-state index < -0.39 is 0 Å². The molecule has 4 unspecified atom stereocenters. The fraction of sp³-hybridized carbons (Fsp3) is 0.900. The summed E-state index contributed by atoms with van der Waals surface area (Å²) in [6.07, 6.45) is 1.07. The van der Waals surface area contributed by atoms with Gasteiger partial charge in [0.1, 0.15) is 11.7 Å². The highest BCUT2D eigenvalue weighted by Crippen LogP contribution is 2.61. The third kappa shape index (κ3) is 0.592. The Morgan fingerprint density at radius 1 is 1.38 bits per heavy atom. The summed E-state index contributed by atoms with van der Waals surface area (Å²) in [5, 5.41) is 0. The average molecular weight is 182 g/mol. The minimum absolute atomic E-state index is 0.0139. The van der Waals surface area contributed by atoms with Crippen molar-refractivity contribution in [3.8, 4) is 0 Å². The van der Waals surface area contributed by atoms with Gasteiger partial charge in [-0.15, -0.1) is 0 Å². The summed E-state index contributed by atoms with van der Waals surface area (Å²) in [4.78, 5) is 11.5. The highest BCUT2D eigenvalue weighted by Gasteiger charge is 2.73. The SMILES string of the molecule is CC1(C)C2CC3C(=O)OC1(C)C3O2. The van der Waals surface area contributed by atoms with Crippen molar-refractivity contribution in [1.29, 1.82) is 0 Å². The second-order valence-corrected chi connectivity index (χ2v) is 5.14. The van der Waals surface area contributed by atoms with Crippen molar-refractivity contribution >= 4 is 5.97 Å². The first-order valence-electron chi connectivity index (χ1n) is 4.85. The molecule has 3 rings (SSSR count). The van der Waals surface area contributed by atoms with E-state index in [1.165, 1.54) is 0 Å². The molecular weight excluding hydrogens is 168 g/mol. The molecule has 3 heterocycles. The van der Waals surface area contributed by atoms with Crippen molar-refractivity contribution in [1.82, 2.24) is 0 Å². The first kappa shape index (κ1) is 7.80. The second-order valence-electron chi connectivity index (χ2n) is 5.14. The van der Waals surface area contributed by atoms with Crippen LogP contribution in [0.4, 0.5) is 0 Å². The van der Waals surface area contributed by atoms with Crippen LogP contribution < -0.4 is 0 Å². The van der Waals surface area contributed by atoms with Gasteiger partial charge in [-0.2, -0.15) is 0 Å². The molecule has 2 bridgehead atoms. The Morgan fingerprint density at radius 2 is 2.08 bits per heavy atom. The van der Waals surface area contributed by atoms with E-state index in [1.807, 2.05) is 6.92 Å². The Morgan fingerprint density at radius 3 is 2.62 bits per heavy atom. The molecule has 0 aromatic carbocycles. The molecule has 0 N–H and O–H groups in total. The molecule has 4 atom stereocenters. The summed E-state index contributed by atoms with van der Waals surface area (Å²) >= 11 is 0. The lowest BCUT2D eigenvalue weighted by Gasteiger charge is -2.38. The highest BCUT2D eigenvalue weighted by molar-refractivity contribution is 5.78. The van der Waals surface area contributed by atoms with Gasteiger partial charge in [-0.25, -0.2) is 0 Å². The summed E-state index contributed by atoms with van der Waals surface area (Å²) in [5.41, 5.74) is -0.405. The highest BCUT2D eigenvalue weighted by atomic mass is 16.6. The molecule has 13 heavy (non-hydrogen) atoms. The van der Waals surface area contributed by atoms with Crippen LogP contribution in [0.5, 0.6) is 0 Å². The van der Waals surface area contributed by atoms with Gasteiger partial charge in [-0.05, 0) is 13.3 Å². The van der Waals surface area contributed by atoms with Crippen LogP contribution in [0.2, 0.25) is 0 Å². The number of rotatable bonds is 0. The molecule has 3 saturated heterocycles. The molecule has 3 aliphatic rings. The third-order valence-electron chi connectivity index (χ3n) is 4.39. The summed E-state index contributed by atoms with van der Waals surface area (Å²) in [5.74, 6) is -0.0383. The van der Waals surface area contributed by atoms with Gasteiger partial charge in [0.05, 0.1) is 12.0 Å². The number of esters is 1. The molecule has 72 valence electrons. The average Bonchev–Trinajstić information content (AvgIpc) is 2.56. The minimum Gasteiger partial charge on any atom is -0.456 e. The maximum atomic E-state index is 11.5. The number of ether oxygens (including phenoxy) is 2. The van der Waals surface area contributed by atoms with E-state index in [1.54, 1.807) is 0 Å². The summed E-state index contributed by atoms with van der Waals surface area (Å²) in [6.45, 7) is 6.27. The van der Waals surface area contributed by atoms with Crippen LogP contribution in [0.1, 0.15) is 27.2 Å². The predicted molar refractivity (Wildman–Crippen MR) is 45.0 cm³/mol. The first-order chi connectivity index (χ1) is 5.97. The Balaban J connectivity index is 2.15. The lowest BCUT2D eigenvalue weighted by molar-refractivity contribution is -0.154. The van der Waals surface area contributed by atoms with E-state index in [0.29, 0.717) is 0 Å². The van der Waals surface area contributed by atoms with Crippen LogP contribution >= 0.6 is 0 Å². The second kappa shape index (κ2) is 1.78. The number of hydrogen-bond donors (Lipinski definition) is 0. The molecule has 0 aromatic rings. The van der Waals surface area contributed by atoms with Crippen molar-refractivity contribution in [3.05, 3.63) is 0 Å². The number of fused-ring (bicyclic) bond motifs is 1. The Bertz CT molecular complexity index is 297. The van der Waals surface area contributed by atoms with E-state index >= 15 is 0 Å². The van der Waals surface area contributed by atoms with E-state index in [2.05, 4.69) is 13.8 Å². The van der Waals surface area contributed by atoms with Crippen molar-refractivity contribution in [2.75, 3.05) is 0 Å². The normalized spacial score (nSPS) is 55.6. The Hall–Kier alpha value is -0.570. The van der Waals surface area contributed by atoms with E-state index in [-0.39, 0.29) is 35.1 Å². The largest absolute Gasteiger partial charge is 0.456 e. The topological polar surface area (TPSA) is 35.5 Å². The molecule has 3 fully saturated rings. The van der Waals surface area contributed by atoms with Crippen LogP contribution in [0.15, 0.2) is 0 Å². The van der Waals surface area contributed by atoms with Crippen molar-refractivity contribution < 1.29 is 14.3 Å². The van der Waals surface area contributed by atoms with E-state index in [9.17, 15) is 4.79 Å². The van der Waals surface area contributed by atoms with Crippen LogP contribution in [-0.4, -0.2) is 23.8 Å². The van der Waals surface area contributed by atoms with Crippen LogP contribution in [0.25, 0.3) is 0 Å². The van der Waals surface area contributed by atoms with Gasteiger partial charge in [0, 0.05) is 5.41 Å². The number of carbonyl (C=O) groups is 1. The lowest BCUT2D eigenvalue weighted by Crippen LogP contribution is -2.49. The predicted octanol–water partition coefficient (Wildman–Crippen LogP) is 1.12. The molecule has 0 amide bonds. The zero-order chi connectivity index (χ0) is 9.43. The molecule has 0 aliphatic carbocycles. The molecule has 0 radical (unpaired) electrons. The van der Waals surface area contributed by atoms with Crippen LogP contribution in [0, 0.1) is 11.3 Å². The summed E-state index contributed by atoms with van der Waals surface area (Å²) in [6, 6.07) is 0. The van der Waals surface area contributed by atoms with Crippen molar-refractivity contribution in [2.45, 2.75) is 45.0 Å². The summed E-state index contributed by atoms with van der Waals surface area (Å²) < 4.78 is 11.3. The maximum absolute atomic E-state index is 11.5. The Labute approximate surface area is 77.4 Å². The standard InChI is InChI=1S/C10H14O3/c1-9(2)6-4-5-7(12-6)10(9,3)13-8(5)11/h5-7H,4H2,1-3H3. The van der Waals surface area contributed by atoms with Gasteiger partial charge in [0.15, 0.2) is 0 Å². The lowest BCUT2D eigenvalue weighted by atomic mass is 9.65. The third-order valence-corrected chi connectivity index (χ3v) is 4.39. The molecule has 0 spiro atoms. The molecule has 0 saturated carbocycles. The molecule has 3 heteroatoms. The van der Waals surface area contributed by atoms with Crippen LogP contribution in [-0.2, 0) is 14.3 Å². The molecule has 3 nitrogen and oxygen atoms in total. The fourth-order valence-electron chi connectivity index (χ4n) is 3.04. The summed E-state index contributed by atoms with van der Waals surface area (Å²) in [7, 11) is 0. The van der Waals surface area contributed by atoms with Gasteiger partial charge in [-0.3, -0.25) is 4.79 Å². The quantitative estimate of drug-likeness (QED) is 0.526. The van der Waals surface area contributed by atoms with Crippen molar-refractivity contribution in [3.63, 3.8) is 0 Å². The Kier molecular flexibility index (Phi) is 1.07. The first-order valence-corrected chi connectivity index (χ1v) is 4.85. The van der Waals surface area contributed by atoms with E-state index in [0.717, 1.165) is 6.42 Å². The van der Waals surface area contributed by atoms with Crippen molar-refractivity contribution in [2.24, 2.45) is 11.3 Å². The molecule has 0 aromatic heterocycles. The smallest absolute Gasteiger partial charge is 0.312 e. The molecular formula is C10H14O3. The number of carbonyl (C=O) groups excluding carboxylic acids is 1. The zero-order valence-electron chi connectivity index (χ0n) is 8.16. The van der Waals surface area contributed by atoms with Gasteiger partial charge in [0.25, 0.3) is 0 Å². The maximum Gasteiger partial charge on any atom is 0.312 e. The van der Waals surface area contributed by atoms with Gasteiger partial charge >= 0.3 is 5.97 Å². The molecule has 3 aliphatic heterocycles. The van der Waals surface area contributed by atoms with Gasteiger partial charge < -0.3 is 9.47 Å². The van der Waals surface area contributed by atoms with Gasteiger partial charge in [0.2, 0.25) is 0 Å². The number of hydrogen-bond acceptors (Lipinski definition) is 3.